The first kappa shape index (κ1) is 12.4. The molecule has 0 spiro atoms. The third-order valence-corrected chi connectivity index (χ3v) is 3.64. The summed E-state index contributed by atoms with van der Waals surface area (Å²) in [5.41, 5.74) is 1.47. The third kappa shape index (κ3) is 3.01. The van der Waals surface area contributed by atoms with Crippen molar-refractivity contribution in [2.45, 2.75) is 32.1 Å². The molecule has 0 aliphatic carbocycles. The SMILES string of the molecule is CC(CCCCCl)c1cccc2ccccc12. The van der Waals surface area contributed by atoms with Gasteiger partial charge in [0.15, 0.2) is 0 Å². The molecule has 0 radical (unpaired) electrons. The number of alkyl halides is 1. The molecule has 0 bridgehead atoms. The lowest BCUT2D eigenvalue weighted by Gasteiger charge is -2.14. The van der Waals surface area contributed by atoms with Crippen LogP contribution in [0.3, 0.4) is 0 Å². The first-order valence-electron chi connectivity index (χ1n) is 6.36. The molecule has 0 amide bonds. The average molecular weight is 247 g/mol. The van der Waals surface area contributed by atoms with Crippen molar-refractivity contribution in [1.29, 1.82) is 0 Å². The van der Waals surface area contributed by atoms with Crippen molar-refractivity contribution in [2.75, 3.05) is 5.88 Å². The van der Waals surface area contributed by atoms with Crippen molar-refractivity contribution in [3.63, 3.8) is 0 Å². The van der Waals surface area contributed by atoms with Crippen molar-refractivity contribution in [1.82, 2.24) is 0 Å². The van der Waals surface area contributed by atoms with E-state index in [-0.39, 0.29) is 0 Å². The number of fused-ring (bicyclic) bond motifs is 1. The summed E-state index contributed by atoms with van der Waals surface area (Å²) in [5, 5.41) is 2.74. The molecule has 0 aliphatic heterocycles. The van der Waals surface area contributed by atoms with Gasteiger partial charge in [-0.2, -0.15) is 0 Å². The van der Waals surface area contributed by atoms with Crippen LogP contribution in [-0.4, -0.2) is 5.88 Å². The van der Waals surface area contributed by atoms with Crippen molar-refractivity contribution < 1.29 is 0 Å². The van der Waals surface area contributed by atoms with Crippen molar-refractivity contribution in [3.8, 4) is 0 Å². The fourth-order valence-electron chi connectivity index (χ4n) is 2.38. The molecule has 0 N–H and O–H groups in total. The summed E-state index contributed by atoms with van der Waals surface area (Å²) in [6.07, 6.45) is 3.56. The topological polar surface area (TPSA) is 0 Å². The van der Waals surface area contributed by atoms with E-state index in [1.54, 1.807) is 0 Å². The van der Waals surface area contributed by atoms with Crippen molar-refractivity contribution in [2.24, 2.45) is 0 Å². The monoisotopic (exact) mass is 246 g/mol. The summed E-state index contributed by atoms with van der Waals surface area (Å²) in [6, 6.07) is 15.2. The third-order valence-electron chi connectivity index (χ3n) is 3.38. The van der Waals surface area contributed by atoms with Crippen LogP contribution < -0.4 is 0 Å². The summed E-state index contributed by atoms with van der Waals surface area (Å²) in [7, 11) is 0. The Balaban J connectivity index is 2.22. The second kappa shape index (κ2) is 6.07. The highest BCUT2D eigenvalue weighted by atomic mass is 35.5. The average Bonchev–Trinajstić information content (AvgIpc) is 2.38. The van der Waals surface area contributed by atoms with Crippen molar-refractivity contribution in [3.05, 3.63) is 48.0 Å². The van der Waals surface area contributed by atoms with Crippen LogP contribution in [0, 0.1) is 0 Å². The van der Waals surface area contributed by atoms with Crippen LogP contribution in [0.4, 0.5) is 0 Å². The number of unbranched alkanes of at least 4 members (excludes halogenated alkanes) is 1. The summed E-state index contributed by atoms with van der Waals surface area (Å²) in [5.74, 6) is 1.40. The molecule has 2 rings (SSSR count). The molecule has 0 saturated carbocycles. The molecule has 0 fully saturated rings. The summed E-state index contributed by atoms with van der Waals surface area (Å²) in [6.45, 7) is 2.32. The minimum Gasteiger partial charge on any atom is -0.127 e. The van der Waals surface area contributed by atoms with E-state index >= 15 is 0 Å². The van der Waals surface area contributed by atoms with Crippen LogP contribution in [0.5, 0.6) is 0 Å². The van der Waals surface area contributed by atoms with E-state index < -0.39 is 0 Å². The van der Waals surface area contributed by atoms with E-state index in [2.05, 4.69) is 49.4 Å². The van der Waals surface area contributed by atoms with Gasteiger partial charge in [-0.25, -0.2) is 0 Å². The van der Waals surface area contributed by atoms with Gasteiger partial charge in [-0.1, -0.05) is 55.8 Å². The van der Waals surface area contributed by atoms with E-state index in [0.717, 1.165) is 12.3 Å². The smallest absolute Gasteiger partial charge is 0.0223 e. The lowest BCUT2D eigenvalue weighted by Crippen LogP contribution is -1.95. The molecule has 2 aromatic rings. The predicted octanol–water partition coefficient (Wildman–Crippen LogP) is 5.35. The minimum absolute atomic E-state index is 0.615. The highest BCUT2D eigenvalue weighted by Gasteiger charge is 2.08. The van der Waals surface area contributed by atoms with Crippen LogP contribution in [0.15, 0.2) is 42.5 Å². The van der Waals surface area contributed by atoms with Gasteiger partial charge in [0.05, 0.1) is 0 Å². The highest BCUT2D eigenvalue weighted by molar-refractivity contribution is 6.17. The second-order valence-corrected chi connectivity index (χ2v) is 5.03. The quantitative estimate of drug-likeness (QED) is 0.493. The maximum absolute atomic E-state index is 5.73. The van der Waals surface area contributed by atoms with Gasteiger partial charge in [0.25, 0.3) is 0 Å². The Bertz CT molecular complexity index is 470. The fraction of sp³-hybridized carbons (Fsp3) is 0.375. The molecule has 0 nitrogen and oxygen atoms in total. The van der Waals surface area contributed by atoms with Gasteiger partial charge in [0, 0.05) is 5.88 Å². The Morgan fingerprint density at radius 3 is 2.59 bits per heavy atom. The first-order chi connectivity index (χ1) is 8.33. The fourth-order valence-corrected chi connectivity index (χ4v) is 2.57. The second-order valence-electron chi connectivity index (χ2n) is 4.65. The van der Waals surface area contributed by atoms with E-state index in [9.17, 15) is 0 Å². The number of hydrogen-bond donors (Lipinski definition) is 0. The molecule has 0 aliphatic rings. The van der Waals surface area contributed by atoms with Gasteiger partial charge >= 0.3 is 0 Å². The zero-order valence-corrected chi connectivity index (χ0v) is 11.1. The molecule has 1 heteroatoms. The summed E-state index contributed by atoms with van der Waals surface area (Å²) < 4.78 is 0. The first-order valence-corrected chi connectivity index (χ1v) is 6.90. The zero-order valence-electron chi connectivity index (χ0n) is 10.3. The summed E-state index contributed by atoms with van der Waals surface area (Å²) >= 11 is 5.73. The standard InChI is InChI=1S/C16H19Cl/c1-13(7-4-5-12-17)15-11-6-9-14-8-2-3-10-16(14)15/h2-3,6,8-11,13H,4-5,7,12H2,1H3. The Morgan fingerprint density at radius 2 is 1.76 bits per heavy atom. The van der Waals surface area contributed by atoms with Gasteiger partial charge in [-0.05, 0) is 35.1 Å². The zero-order chi connectivity index (χ0) is 12.1. The van der Waals surface area contributed by atoms with E-state index in [4.69, 9.17) is 11.6 Å². The largest absolute Gasteiger partial charge is 0.127 e. The van der Waals surface area contributed by atoms with Gasteiger partial charge in [-0.3, -0.25) is 0 Å². The Morgan fingerprint density at radius 1 is 1.00 bits per heavy atom. The number of hydrogen-bond acceptors (Lipinski definition) is 0. The molecular formula is C16H19Cl. The Kier molecular flexibility index (Phi) is 4.44. The van der Waals surface area contributed by atoms with Crippen LogP contribution in [-0.2, 0) is 0 Å². The molecule has 0 aromatic heterocycles. The summed E-state index contributed by atoms with van der Waals surface area (Å²) in [4.78, 5) is 0. The maximum Gasteiger partial charge on any atom is 0.0223 e. The highest BCUT2D eigenvalue weighted by Crippen LogP contribution is 2.28. The molecule has 1 unspecified atom stereocenters. The predicted molar refractivity (Wildman–Crippen MR) is 76.9 cm³/mol. The van der Waals surface area contributed by atoms with Gasteiger partial charge < -0.3 is 0 Å². The minimum atomic E-state index is 0.615. The Hall–Kier alpha value is -1.01. The van der Waals surface area contributed by atoms with Gasteiger partial charge in [0.1, 0.15) is 0 Å². The molecule has 90 valence electrons. The molecular weight excluding hydrogens is 228 g/mol. The van der Waals surface area contributed by atoms with Gasteiger partial charge in [-0.15, -0.1) is 11.6 Å². The van der Waals surface area contributed by atoms with Crippen LogP contribution >= 0.6 is 11.6 Å². The van der Waals surface area contributed by atoms with E-state index in [1.165, 1.54) is 29.2 Å². The molecule has 1 atom stereocenters. The number of benzene rings is 2. The van der Waals surface area contributed by atoms with Crippen molar-refractivity contribution >= 4 is 22.4 Å². The lowest BCUT2D eigenvalue weighted by molar-refractivity contribution is 0.629. The molecule has 0 saturated heterocycles. The molecule has 17 heavy (non-hydrogen) atoms. The number of rotatable bonds is 5. The van der Waals surface area contributed by atoms with E-state index in [0.29, 0.717) is 5.92 Å². The molecule has 0 heterocycles. The van der Waals surface area contributed by atoms with Crippen LogP contribution in [0.25, 0.3) is 10.8 Å². The Labute approximate surface area is 109 Å². The normalized spacial score (nSPS) is 12.8. The van der Waals surface area contributed by atoms with Crippen LogP contribution in [0.1, 0.15) is 37.7 Å². The lowest BCUT2D eigenvalue weighted by atomic mass is 9.91. The maximum atomic E-state index is 5.73. The van der Waals surface area contributed by atoms with E-state index in [1.807, 2.05) is 0 Å². The van der Waals surface area contributed by atoms with Crippen LogP contribution in [0.2, 0.25) is 0 Å². The molecule has 2 aromatic carbocycles. The van der Waals surface area contributed by atoms with Gasteiger partial charge in [0.2, 0.25) is 0 Å². The number of halogens is 1.